The van der Waals surface area contributed by atoms with Crippen LogP contribution in [0, 0.1) is 5.92 Å². The molecule has 0 radical (unpaired) electrons. The van der Waals surface area contributed by atoms with E-state index >= 15 is 0 Å². The van der Waals surface area contributed by atoms with Gasteiger partial charge in [-0.1, -0.05) is 18.7 Å². The van der Waals surface area contributed by atoms with E-state index in [-0.39, 0.29) is 12.5 Å². The summed E-state index contributed by atoms with van der Waals surface area (Å²) in [7, 11) is 0. The van der Waals surface area contributed by atoms with Crippen molar-refractivity contribution in [1.82, 2.24) is 14.9 Å². The summed E-state index contributed by atoms with van der Waals surface area (Å²) >= 11 is 1.69. The fourth-order valence-corrected chi connectivity index (χ4v) is 2.80. The quantitative estimate of drug-likeness (QED) is 0.633. The normalized spacial score (nSPS) is 20.8. The van der Waals surface area contributed by atoms with Crippen molar-refractivity contribution < 1.29 is 9.84 Å². The molecular weight excluding hydrogens is 274 g/mol. The molecule has 0 amide bonds. The molecule has 0 unspecified atom stereocenters. The molecule has 20 heavy (non-hydrogen) atoms. The van der Waals surface area contributed by atoms with Gasteiger partial charge in [0.25, 0.3) is 0 Å². The molecule has 0 aromatic carbocycles. The lowest BCUT2D eigenvalue weighted by atomic mass is 10.1. The van der Waals surface area contributed by atoms with Crippen LogP contribution in [0.1, 0.15) is 18.9 Å². The van der Waals surface area contributed by atoms with E-state index in [9.17, 15) is 5.11 Å². The van der Waals surface area contributed by atoms with Gasteiger partial charge in [-0.15, -0.1) is 0 Å². The highest BCUT2D eigenvalue weighted by Gasteiger charge is 2.18. The number of aliphatic hydroxyl groups is 1. The van der Waals surface area contributed by atoms with Crippen LogP contribution in [0.15, 0.2) is 17.6 Å². The van der Waals surface area contributed by atoms with Crippen LogP contribution in [0.5, 0.6) is 0 Å². The van der Waals surface area contributed by atoms with Crippen molar-refractivity contribution in [3.63, 3.8) is 0 Å². The molecule has 1 aliphatic rings. The molecule has 1 aromatic heterocycles. The minimum atomic E-state index is 0.180. The van der Waals surface area contributed by atoms with Crippen molar-refractivity contribution in [3.05, 3.63) is 18.0 Å². The summed E-state index contributed by atoms with van der Waals surface area (Å²) in [6, 6.07) is 0. The molecular formula is C14H23N3O2S. The maximum atomic E-state index is 9.28. The smallest absolute Gasteiger partial charge is 0.187 e. The van der Waals surface area contributed by atoms with E-state index in [1.807, 2.05) is 12.4 Å². The van der Waals surface area contributed by atoms with E-state index in [1.54, 1.807) is 11.8 Å². The summed E-state index contributed by atoms with van der Waals surface area (Å²) < 4.78 is 5.49. The topological polar surface area (TPSA) is 58.5 Å². The predicted octanol–water partition coefficient (Wildman–Crippen LogP) is 1.42. The van der Waals surface area contributed by atoms with E-state index in [0.717, 1.165) is 49.1 Å². The van der Waals surface area contributed by atoms with Crippen molar-refractivity contribution >= 4 is 11.8 Å². The molecule has 1 aromatic rings. The van der Waals surface area contributed by atoms with Gasteiger partial charge in [-0.05, 0) is 6.42 Å². The Kier molecular flexibility index (Phi) is 6.72. The van der Waals surface area contributed by atoms with Crippen molar-refractivity contribution in [3.8, 4) is 0 Å². The Morgan fingerprint density at radius 3 is 2.95 bits per heavy atom. The third-order valence-corrected chi connectivity index (χ3v) is 4.28. The molecule has 2 rings (SSSR count). The summed E-state index contributed by atoms with van der Waals surface area (Å²) in [6.07, 6.45) is 4.95. The first kappa shape index (κ1) is 15.7. The molecule has 1 saturated heterocycles. The van der Waals surface area contributed by atoms with Crippen LogP contribution in [0.2, 0.25) is 0 Å². The number of hydrogen-bond donors (Lipinski definition) is 1. The van der Waals surface area contributed by atoms with Gasteiger partial charge in [0.05, 0.1) is 13.2 Å². The maximum absolute atomic E-state index is 9.28. The summed E-state index contributed by atoms with van der Waals surface area (Å²) in [5.74, 6) is 1.26. The van der Waals surface area contributed by atoms with E-state index in [1.165, 1.54) is 0 Å². The number of aromatic nitrogens is 2. The lowest BCUT2D eigenvalue weighted by Crippen LogP contribution is -2.31. The highest BCUT2D eigenvalue weighted by Crippen LogP contribution is 2.14. The summed E-state index contributed by atoms with van der Waals surface area (Å²) in [5, 5.41) is 10.1. The van der Waals surface area contributed by atoms with Crippen LogP contribution < -0.4 is 0 Å². The maximum Gasteiger partial charge on any atom is 0.187 e. The molecule has 1 N–H and O–H groups in total. The van der Waals surface area contributed by atoms with E-state index in [2.05, 4.69) is 21.8 Å². The number of aliphatic hydroxyl groups excluding tert-OH is 1. The average molecular weight is 297 g/mol. The van der Waals surface area contributed by atoms with E-state index < -0.39 is 0 Å². The van der Waals surface area contributed by atoms with Gasteiger partial charge in [-0.3, -0.25) is 4.90 Å². The molecule has 1 aliphatic heterocycles. The van der Waals surface area contributed by atoms with E-state index in [4.69, 9.17) is 4.74 Å². The highest BCUT2D eigenvalue weighted by atomic mass is 32.2. The van der Waals surface area contributed by atoms with Crippen LogP contribution in [0.4, 0.5) is 0 Å². The van der Waals surface area contributed by atoms with Crippen molar-refractivity contribution in [1.29, 1.82) is 0 Å². The molecule has 6 heteroatoms. The van der Waals surface area contributed by atoms with Crippen LogP contribution in [0.3, 0.4) is 0 Å². The molecule has 0 aliphatic carbocycles. The summed E-state index contributed by atoms with van der Waals surface area (Å²) in [6.45, 7) is 6.28. The second kappa shape index (κ2) is 8.56. The second-order valence-electron chi connectivity index (χ2n) is 5.08. The van der Waals surface area contributed by atoms with Crippen molar-refractivity contribution in [2.45, 2.75) is 25.0 Å². The molecule has 112 valence electrons. The third-order valence-electron chi connectivity index (χ3n) is 3.20. The number of hydrogen-bond acceptors (Lipinski definition) is 6. The first-order valence-corrected chi connectivity index (χ1v) is 8.15. The van der Waals surface area contributed by atoms with Crippen LogP contribution in [-0.2, 0) is 11.3 Å². The standard InChI is InChI=1S/C14H23N3O2S/c1-2-5-20-14-15-6-12(7-16-14)8-17-3-4-19-11-13(9-17)10-18/h6-7,13,18H,2-5,8-11H2,1H3/t13-/m0/s1. The Bertz CT molecular complexity index is 389. The fraction of sp³-hybridized carbons (Fsp3) is 0.714. The lowest BCUT2D eigenvalue weighted by molar-refractivity contribution is 0.0958. The minimum Gasteiger partial charge on any atom is -0.396 e. The molecule has 0 spiro atoms. The molecule has 1 atom stereocenters. The third kappa shape index (κ3) is 5.01. The Labute approximate surface area is 124 Å². The van der Waals surface area contributed by atoms with Gasteiger partial charge in [0.15, 0.2) is 5.16 Å². The van der Waals surface area contributed by atoms with Crippen LogP contribution >= 0.6 is 11.8 Å². The number of thioether (sulfide) groups is 1. The molecule has 1 fully saturated rings. The number of rotatable bonds is 6. The predicted molar refractivity (Wildman–Crippen MR) is 79.7 cm³/mol. The Morgan fingerprint density at radius 1 is 1.45 bits per heavy atom. The zero-order chi connectivity index (χ0) is 14.2. The SMILES string of the molecule is CCCSc1ncc(CN2CCOC[C@H](CO)C2)cn1. The van der Waals surface area contributed by atoms with Crippen LogP contribution in [0.25, 0.3) is 0 Å². The first-order chi connectivity index (χ1) is 9.81. The number of nitrogens with zero attached hydrogens (tertiary/aromatic N) is 3. The van der Waals surface area contributed by atoms with Crippen molar-refractivity contribution in [2.24, 2.45) is 5.92 Å². The van der Waals surface area contributed by atoms with Gasteiger partial charge in [0.1, 0.15) is 0 Å². The Morgan fingerprint density at radius 2 is 2.25 bits per heavy atom. The Balaban J connectivity index is 1.88. The molecule has 0 bridgehead atoms. The van der Waals surface area contributed by atoms with Gasteiger partial charge < -0.3 is 9.84 Å². The minimum absolute atomic E-state index is 0.180. The Hall–Kier alpha value is -0.690. The summed E-state index contributed by atoms with van der Waals surface area (Å²) in [5.41, 5.74) is 1.12. The van der Waals surface area contributed by atoms with Gasteiger partial charge in [0.2, 0.25) is 0 Å². The molecule has 0 saturated carbocycles. The van der Waals surface area contributed by atoms with Crippen molar-refractivity contribution in [2.75, 3.05) is 38.7 Å². The highest BCUT2D eigenvalue weighted by molar-refractivity contribution is 7.99. The van der Waals surface area contributed by atoms with Crippen LogP contribution in [-0.4, -0.2) is 58.6 Å². The van der Waals surface area contributed by atoms with E-state index in [0.29, 0.717) is 6.61 Å². The molecule has 5 nitrogen and oxygen atoms in total. The molecule has 2 heterocycles. The fourth-order valence-electron chi connectivity index (χ4n) is 2.16. The van der Waals surface area contributed by atoms with Gasteiger partial charge in [0, 0.05) is 55.9 Å². The van der Waals surface area contributed by atoms with Gasteiger partial charge in [-0.2, -0.15) is 0 Å². The van der Waals surface area contributed by atoms with Gasteiger partial charge in [-0.25, -0.2) is 9.97 Å². The number of ether oxygens (including phenoxy) is 1. The summed E-state index contributed by atoms with van der Waals surface area (Å²) in [4.78, 5) is 11.1. The average Bonchev–Trinajstić information content (AvgIpc) is 2.71. The lowest BCUT2D eigenvalue weighted by Gasteiger charge is -2.21. The van der Waals surface area contributed by atoms with Gasteiger partial charge >= 0.3 is 0 Å². The monoisotopic (exact) mass is 297 g/mol. The largest absolute Gasteiger partial charge is 0.396 e. The zero-order valence-electron chi connectivity index (χ0n) is 12.0. The zero-order valence-corrected chi connectivity index (χ0v) is 12.8. The second-order valence-corrected chi connectivity index (χ2v) is 6.14. The first-order valence-electron chi connectivity index (χ1n) is 7.16.